The van der Waals surface area contributed by atoms with Gasteiger partial charge in [-0.3, -0.25) is 4.79 Å². The number of benzene rings is 1. The van der Waals surface area contributed by atoms with Crippen molar-refractivity contribution in [1.82, 2.24) is 0 Å². The van der Waals surface area contributed by atoms with Crippen LogP contribution in [0.3, 0.4) is 0 Å². The Bertz CT molecular complexity index is 329. The van der Waals surface area contributed by atoms with Crippen molar-refractivity contribution in [1.29, 1.82) is 0 Å². The molecule has 0 atom stereocenters. The second kappa shape index (κ2) is 4.36. The van der Waals surface area contributed by atoms with Gasteiger partial charge in [-0.1, -0.05) is 0 Å². The van der Waals surface area contributed by atoms with Crippen LogP contribution in [0.15, 0.2) is 24.3 Å². The Morgan fingerprint density at radius 3 is 2.23 bits per heavy atom. The van der Waals surface area contributed by atoms with E-state index in [9.17, 15) is 9.59 Å². The van der Waals surface area contributed by atoms with Gasteiger partial charge in [0.25, 0.3) is 0 Å². The molecule has 3 nitrogen and oxygen atoms in total. The van der Waals surface area contributed by atoms with Gasteiger partial charge in [-0.2, -0.15) is 0 Å². The van der Waals surface area contributed by atoms with Crippen LogP contribution in [0, 0.1) is 3.57 Å². The smallest absolute Gasteiger partial charge is 0.345 e. The van der Waals surface area contributed by atoms with Gasteiger partial charge in [-0.05, 0) is 46.9 Å². The van der Waals surface area contributed by atoms with E-state index in [4.69, 9.17) is 0 Å². The van der Waals surface area contributed by atoms with Crippen LogP contribution in [-0.4, -0.2) is 11.9 Å². The molecule has 0 radical (unpaired) electrons. The second-order valence-corrected chi connectivity index (χ2v) is 3.63. The Hall–Kier alpha value is -0.910. The summed E-state index contributed by atoms with van der Waals surface area (Å²) in [7, 11) is 0. The third-order valence-corrected chi connectivity index (χ3v) is 2.04. The fraction of sp³-hybridized carbons (Fsp3) is 0.111. The van der Waals surface area contributed by atoms with Crippen LogP contribution in [-0.2, 0) is 9.53 Å². The van der Waals surface area contributed by atoms with Crippen LogP contribution in [0.2, 0.25) is 0 Å². The van der Waals surface area contributed by atoms with Crippen molar-refractivity contribution in [3.8, 4) is 0 Å². The summed E-state index contributed by atoms with van der Waals surface area (Å²) in [5, 5.41) is 0. The average molecular weight is 290 g/mol. The van der Waals surface area contributed by atoms with E-state index in [1.807, 2.05) is 0 Å². The van der Waals surface area contributed by atoms with Crippen molar-refractivity contribution in [2.45, 2.75) is 6.92 Å². The highest BCUT2D eigenvalue weighted by Gasteiger charge is 2.08. The van der Waals surface area contributed by atoms with E-state index in [1.165, 1.54) is 6.92 Å². The molecule has 13 heavy (non-hydrogen) atoms. The maximum absolute atomic E-state index is 11.1. The molecule has 0 amide bonds. The fourth-order valence-electron chi connectivity index (χ4n) is 0.775. The highest BCUT2D eigenvalue weighted by Crippen LogP contribution is 2.07. The SMILES string of the molecule is CC(=O)OC(=O)c1ccc(I)cc1. The monoisotopic (exact) mass is 290 g/mol. The predicted octanol–water partition coefficient (Wildman–Crippen LogP) is 1.99. The van der Waals surface area contributed by atoms with E-state index in [1.54, 1.807) is 24.3 Å². The molecule has 0 N–H and O–H groups in total. The van der Waals surface area contributed by atoms with E-state index in [0.29, 0.717) is 5.56 Å². The highest BCUT2D eigenvalue weighted by molar-refractivity contribution is 14.1. The molecule has 68 valence electrons. The summed E-state index contributed by atoms with van der Waals surface area (Å²) >= 11 is 2.13. The molecule has 0 bridgehead atoms. The van der Waals surface area contributed by atoms with Crippen molar-refractivity contribution in [3.63, 3.8) is 0 Å². The zero-order valence-corrected chi connectivity index (χ0v) is 9.07. The number of hydrogen-bond donors (Lipinski definition) is 0. The molecule has 0 aliphatic carbocycles. The Labute approximate surface area is 89.2 Å². The Morgan fingerprint density at radius 1 is 1.23 bits per heavy atom. The lowest BCUT2D eigenvalue weighted by molar-refractivity contribution is -0.135. The molecule has 0 unspecified atom stereocenters. The zero-order chi connectivity index (χ0) is 9.84. The van der Waals surface area contributed by atoms with E-state index in [-0.39, 0.29) is 0 Å². The standard InChI is InChI=1S/C9H7IO3/c1-6(11)13-9(12)7-2-4-8(10)5-3-7/h2-5H,1H3. The number of ether oxygens (including phenoxy) is 1. The second-order valence-electron chi connectivity index (χ2n) is 2.39. The first-order valence-electron chi connectivity index (χ1n) is 3.58. The molecule has 0 spiro atoms. The summed E-state index contributed by atoms with van der Waals surface area (Å²) in [4.78, 5) is 21.6. The maximum Gasteiger partial charge on any atom is 0.345 e. The van der Waals surface area contributed by atoms with Crippen LogP contribution < -0.4 is 0 Å². The Morgan fingerprint density at radius 2 is 1.77 bits per heavy atom. The van der Waals surface area contributed by atoms with Gasteiger partial charge >= 0.3 is 11.9 Å². The summed E-state index contributed by atoms with van der Waals surface area (Å²) in [6.07, 6.45) is 0. The lowest BCUT2D eigenvalue weighted by Crippen LogP contribution is -2.08. The third-order valence-electron chi connectivity index (χ3n) is 1.32. The summed E-state index contributed by atoms with van der Waals surface area (Å²) < 4.78 is 5.42. The van der Waals surface area contributed by atoms with Gasteiger partial charge in [0, 0.05) is 10.5 Å². The summed E-state index contributed by atoms with van der Waals surface area (Å²) in [5.41, 5.74) is 0.385. The number of carbonyl (C=O) groups is 2. The van der Waals surface area contributed by atoms with Gasteiger partial charge < -0.3 is 4.74 Å². The summed E-state index contributed by atoms with van der Waals surface area (Å²) in [5.74, 6) is -1.20. The minimum atomic E-state index is -0.608. The third kappa shape index (κ3) is 3.14. The molecule has 0 aliphatic heterocycles. The van der Waals surface area contributed by atoms with Crippen LogP contribution in [0.25, 0.3) is 0 Å². The largest absolute Gasteiger partial charge is 0.390 e. The maximum atomic E-state index is 11.1. The van der Waals surface area contributed by atoms with Crippen molar-refractivity contribution >= 4 is 34.5 Å². The zero-order valence-electron chi connectivity index (χ0n) is 6.91. The normalized spacial score (nSPS) is 9.38. The van der Waals surface area contributed by atoms with Gasteiger partial charge in [0.15, 0.2) is 0 Å². The first-order chi connectivity index (χ1) is 6.09. The van der Waals surface area contributed by atoms with Gasteiger partial charge in [0.1, 0.15) is 0 Å². The number of rotatable bonds is 1. The van der Waals surface area contributed by atoms with Crippen molar-refractivity contribution in [2.75, 3.05) is 0 Å². The molecular weight excluding hydrogens is 283 g/mol. The van der Waals surface area contributed by atoms with E-state index in [0.717, 1.165) is 3.57 Å². The minimum Gasteiger partial charge on any atom is -0.390 e. The minimum absolute atomic E-state index is 0.385. The highest BCUT2D eigenvalue weighted by atomic mass is 127. The predicted molar refractivity (Wildman–Crippen MR) is 55.3 cm³/mol. The Balaban J connectivity index is 2.78. The molecular formula is C9H7IO3. The lowest BCUT2D eigenvalue weighted by Gasteiger charge is -1.99. The van der Waals surface area contributed by atoms with Gasteiger partial charge in [-0.15, -0.1) is 0 Å². The lowest BCUT2D eigenvalue weighted by atomic mass is 10.2. The number of hydrogen-bond acceptors (Lipinski definition) is 3. The molecule has 0 aliphatic rings. The molecule has 0 heterocycles. The molecule has 1 aromatic carbocycles. The summed E-state index contributed by atoms with van der Waals surface area (Å²) in [6.45, 7) is 1.20. The van der Waals surface area contributed by atoms with Crippen molar-refractivity contribution < 1.29 is 14.3 Å². The first-order valence-corrected chi connectivity index (χ1v) is 4.66. The molecule has 0 fully saturated rings. The molecule has 0 saturated heterocycles. The van der Waals surface area contributed by atoms with Crippen LogP contribution in [0.4, 0.5) is 0 Å². The van der Waals surface area contributed by atoms with Crippen LogP contribution in [0.5, 0.6) is 0 Å². The van der Waals surface area contributed by atoms with E-state index in [2.05, 4.69) is 27.3 Å². The van der Waals surface area contributed by atoms with Gasteiger partial charge in [0.05, 0.1) is 5.56 Å². The molecule has 0 saturated carbocycles. The first kappa shape index (κ1) is 10.2. The molecule has 4 heteroatoms. The van der Waals surface area contributed by atoms with Crippen LogP contribution in [0.1, 0.15) is 17.3 Å². The molecule has 0 aromatic heterocycles. The van der Waals surface area contributed by atoms with Gasteiger partial charge in [-0.25, -0.2) is 4.79 Å². The number of esters is 2. The van der Waals surface area contributed by atoms with Crippen molar-refractivity contribution in [2.24, 2.45) is 0 Å². The molecule has 1 rings (SSSR count). The fourth-order valence-corrected chi connectivity index (χ4v) is 1.14. The van der Waals surface area contributed by atoms with Crippen molar-refractivity contribution in [3.05, 3.63) is 33.4 Å². The van der Waals surface area contributed by atoms with E-state index >= 15 is 0 Å². The van der Waals surface area contributed by atoms with Crippen LogP contribution >= 0.6 is 22.6 Å². The Kier molecular flexibility index (Phi) is 3.41. The summed E-state index contributed by atoms with van der Waals surface area (Å²) in [6, 6.07) is 6.79. The number of carbonyl (C=O) groups excluding carboxylic acids is 2. The quantitative estimate of drug-likeness (QED) is 0.451. The topological polar surface area (TPSA) is 43.4 Å². The van der Waals surface area contributed by atoms with Gasteiger partial charge in [0.2, 0.25) is 0 Å². The van der Waals surface area contributed by atoms with E-state index < -0.39 is 11.9 Å². The molecule has 1 aromatic rings. The average Bonchev–Trinajstić information content (AvgIpc) is 2.04. The number of halogens is 1.